The first-order valence-electron chi connectivity index (χ1n) is 12.5. The molecule has 1 aromatic carbocycles. The second-order valence-electron chi connectivity index (χ2n) is 10.1. The smallest absolute Gasteiger partial charge is 0.306 e. The fourth-order valence-electron chi connectivity index (χ4n) is 5.09. The predicted octanol–water partition coefficient (Wildman–Crippen LogP) is 4.56. The summed E-state index contributed by atoms with van der Waals surface area (Å²) >= 11 is 0. The van der Waals surface area contributed by atoms with Crippen molar-refractivity contribution in [1.82, 2.24) is 14.5 Å². The normalized spacial score (nSPS) is 17.8. The fraction of sp³-hybridized carbons (Fsp3) is 0.519. The summed E-state index contributed by atoms with van der Waals surface area (Å²) in [5, 5.41) is 9.61. The molecule has 180 valence electrons. The van der Waals surface area contributed by atoms with E-state index in [0.29, 0.717) is 23.8 Å². The van der Waals surface area contributed by atoms with Gasteiger partial charge in [-0.25, -0.2) is 4.98 Å². The standard InChI is InChI=1S/C27H33N3O4/c1-17-12-22(15-28-26(17)31)25-29-23-14-19(4-6-21(27(32)33)13-18-2-3-18)5-7-24(23)30(25)16-20-8-10-34-11-9-20/h5,7,12,14-15,18,20-21H,2-4,6,8-11,13,16H2,1H3,(H,28,31)(H,32,33)/t21-/m1/s1. The highest BCUT2D eigenvalue weighted by Gasteiger charge is 2.29. The van der Waals surface area contributed by atoms with E-state index in [0.717, 1.165) is 73.4 Å². The molecule has 7 nitrogen and oxygen atoms in total. The van der Waals surface area contributed by atoms with E-state index < -0.39 is 5.97 Å². The van der Waals surface area contributed by atoms with Crippen molar-refractivity contribution in [3.05, 3.63) is 51.9 Å². The lowest BCUT2D eigenvalue weighted by Gasteiger charge is -2.23. The van der Waals surface area contributed by atoms with Crippen LogP contribution in [0.15, 0.2) is 35.3 Å². The van der Waals surface area contributed by atoms with Crippen molar-refractivity contribution in [2.75, 3.05) is 13.2 Å². The van der Waals surface area contributed by atoms with E-state index in [4.69, 9.17) is 9.72 Å². The van der Waals surface area contributed by atoms with E-state index >= 15 is 0 Å². The Bertz CT molecular complexity index is 1230. The number of benzene rings is 1. The van der Waals surface area contributed by atoms with Crippen molar-refractivity contribution in [2.24, 2.45) is 17.8 Å². The summed E-state index contributed by atoms with van der Waals surface area (Å²) in [7, 11) is 0. The minimum Gasteiger partial charge on any atom is -0.481 e. The van der Waals surface area contributed by atoms with Crippen LogP contribution >= 0.6 is 0 Å². The number of aromatic amines is 1. The zero-order valence-corrected chi connectivity index (χ0v) is 19.8. The van der Waals surface area contributed by atoms with Crippen molar-refractivity contribution in [2.45, 2.75) is 58.4 Å². The van der Waals surface area contributed by atoms with Crippen LogP contribution in [0.25, 0.3) is 22.4 Å². The maximum Gasteiger partial charge on any atom is 0.306 e. The maximum absolute atomic E-state index is 11.9. The van der Waals surface area contributed by atoms with E-state index in [2.05, 4.69) is 27.8 Å². The van der Waals surface area contributed by atoms with Gasteiger partial charge in [0.1, 0.15) is 5.82 Å². The lowest BCUT2D eigenvalue weighted by Crippen LogP contribution is -2.21. The van der Waals surface area contributed by atoms with Gasteiger partial charge in [0, 0.05) is 37.1 Å². The zero-order valence-electron chi connectivity index (χ0n) is 19.8. The highest BCUT2D eigenvalue weighted by atomic mass is 16.5. The Balaban J connectivity index is 1.45. The molecule has 0 radical (unpaired) electrons. The van der Waals surface area contributed by atoms with E-state index in [-0.39, 0.29) is 11.5 Å². The third-order valence-electron chi connectivity index (χ3n) is 7.39. The van der Waals surface area contributed by atoms with Gasteiger partial charge in [0.2, 0.25) is 0 Å². The molecule has 2 aromatic heterocycles. The predicted molar refractivity (Wildman–Crippen MR) is 131 cm³/mol. The lowest BCUT2D eigenvalue weighted by molar-refractivity contribution is -0.142. The van der Waals surface area contributed by atoms with Crippen LogP contribution in [-0.4, -0.2) is 38.8 Å². The molecule has 1 saturated heterocycles. The number of nitrogens with zero attached hydrogens (tertiary/aromatic N) is 2. The number of carboxylic acid groups (broad SMARTS) is 1. The lowest BCUT2D eigenvalue weighted by atomic mass is 9.94. The Hall–Kier alpha value is -2.93. The summed E-state index contributed by atoms with van der Waals surface area (Å²) in [6.45, 7) is 4.25. The van der Waals surface area contributed by atoms with Crippen molar-refractivity contribution in [3.8, 4) is 11.4 Å². The SMILES string of the molecule is Cc1cc(-c2nc3cc(CC[C@H](CC4CC4)C(=O)O)ccc3n2CC2CCOCC2)c[nH]c1=O. The molecule has 0 bridgehead atoms. The van der Waals surface area contributed by atoms with Gasteiger partial charge in [0.15, 0.2) is 0 Å². The number of hydrogen-bond donors (Lipinski definition) is 2. The second kappa shape index (κ2) is 9.74. The number of nitrogens with one attached hydrogen (secondary N) is 1. The molecule has 0 spiro atoms. The molecular weight excluding hydrogens is 430 g/mol. The highest BCUT2D eigenvalue weighted by Crippen LogP contribution is 2.37. The molecule has 0 amide bonds. The minimum absolute atomic E-state index is 0.0858. The molecule has 1 atom stereocenters. The Kier molecular flexibility index (Phi) is 6.55. The van der Waals surface area contributed by atoms with Crippen LogP contribution < -0.4 is 5.56 Å². The van der Waals surface area contributed by atoms with Gasteiger partial charge >= 0.3 is 5.97 Å². The Morgan fingerprint density at radius 3 is 2.71 bits per heavy atom. The van der Waals surface area contributed by atoms with Crippen molar-refractivity contribution in [3.63, 3.8) is 0 Å². The summed E-state index contributed by atoms with van der Waals surface area (Å²) in [6.07, 6.45) is 8.34. The Morgan fingerprint density at radius 1 is 1.21 bits per heavy atom. The number of rotatable bonds is 9. The van der Waals surface area contributed by atoms with Crippen molar-refractivity contribution >= 4 is 17.0 Å². The number of pyridine rings is 1. The monoisotopic (exact) mass is 463 g/mol. The Morgan fingerprint density at radius 2 is 2.00 bits per heavy atom. The molecule has 1 aliphatic heterocycles. The topological polar surface area (TPSA) is 97.2 Å². The van der Waals surface area contributed by atoms with E-state index in [1.54, 1.807) is 6.20 Å². The number of H-pyrrole nitrogens is 1. The van der Waals surface area contributed by atoms with E-state index in [1.807, 2.05) is 13.0 Å². The number of carbonyl (C=O) groups is 1. The summed E-state index contributed by atoms with van der Waals surface area (Å²) in [6, 6.07) is 8.24. The van der Waals surface area contributed by atoms with Gasteiger partial charge in [-0.15, -0.1) is 0 Å². The van der Waals surface area contributed by atoms with Crippen LogP contribution in [0.2, 0.25) is 0 Å². The highest BCUT2D eigenvalue weighted by molar-refractivity contribution is 5.81. The largest absolute Gasteiger partial charge is 0.481 e. The van der Waals surface area contributed by atoms with E-state index in [9.17, 15) is 14.7 Å². The number of aryl methyl sites for hydroxylation is 2. The minimum atomic E-state index is -0.676. The zero-order chi connectivity index (χ0) is 23.7. The third-order valence-corrected chi connectivity index (χ3v) is 7.39. The van der Waals surface area contributed by atoms with Crippen LogP contribution in [0.4, 0.5) is 0 Å². The molecule has 2 N–H and O–H groups in total. The van der Waals surface area contributed by atoms with Gasteiger partial charge in [0.25, 0.3) is 5.56 Å². The molecule has 0 unspecified atom stereocenters. The Labute approximate surface area is 199 Å². The van der Waals surface area contributed by atoms with Gasteiger partial charge in [-0.2, -0.15) is 0 Å². The first-order valence-corrected chi connectivity index (χ1v) is 12.5. The van der Waals surface area contributed by atoms with Gasteiger partial charge in [0.05, 0.1) is 17.0 Å². The molecule has 5 rings (SSSR count). The maximum atomic E-state index is 11.9. The molecule has 3 aromatic rings. The quantitative estimate of drug-likeness (QED) is 0.485. The number of carboxylic acids is 1. The number of ether oxygens (including phenoxy) is 1. The van der Waals surface area contributed by atoms with Crippen LogP contribution in [0.1, 0.15) is 49.7 Å². The molecule has 2 fully saturated rings. The first-order chi connectivity index (χ1) is 16.5. The second-order valence-corrected chi connectivity index (χ2v) is 10.1. The molecule has 34 heavy (non-hydrogen) atoms. The molecular formula is C27H33N3O4. The average molecular weight is 464 g/mol. The van der Waals surface area contributed by atoms with Crippen molar-refractivity contribution < 1.29 is 14.6 Å². The molecule has 7 heteroatoms. The van der Waals surface area contributed by atoms with Gasteiger partial charge in [-0.1, -0.05) is 18.9 Å². The van der Waals surface area contributed by atoms with Crippen LogP contribution in [0, 0.1) is 24.7 Å². The number of imidazole rings is 1. The molecule has 3 heterocycles. The van der Waals surface area contributed by atoms with Crippen LogP contribution in [-0.2, 0) is 22.5 Å². The first kappa shape index (κ1) is 22.8. The molecule has 1 aliphatic carbocycles. The summed E-state index contributed by atoms with van der Waals surface area (Å²) in [5.41, 5.74) is 4.58. The fourth-order valence-corrected chi connectivity index (χ4v) is 5.09. The summed E-state index contributed by atoms with van der Waals surface area (Å²) < 4.78 is 7.82. The average Bonchev–Trinajstić information content (AvgIpc) is 3.59. The van der Waals surface area contributed by atoms with Gasteiger partial charge in [-0.05, 0) is 74.6 Å². The van der Waals surface area contributed by atoms with Gasteiger partial charge < -0.3 is 19.4 Å². The number of aliphatic carboxylic acids is 1. The van der Waals surface area contributed by atoms with Crippen LogP contribution in [0.3, 0.4) is 0 Å². The number of fused-ring (bicyclic) bond motifs is 1. The summed E-state index contributed by atoms with van der Waals surface area (Å²) in [4.78, 5) is 31.4. The third kappa shape index (κ3) is 5.09. The molecule has 2 aliphatic rings. The van der Waals surface area contributed by atoms with Gasteiger partial charge in [-0.3, -0.25) is 9.59 Å². The molecule has 1 saturated carbocycles. The van der Waals surface area contributed by atoms with E-state index in [1.165, 1.54) is 12.8 Å². The van der Waals surface area contributed by atoms with Crippen LogP contribution in [0.5, 0.6) is 0 Å². The summed E-state index contributed by atoms with van der Waals surface area (Å²) in [5.74, 6) is 1.04. The van der Waals surface area contributed by atoms with Crippen molar-refractivity contribution in [1.29, 1.82) is 0 Å². The number of hydrogen-bond acceptors (Lipinski definition) is 4. The number of aromatic nitrogens is 3.